The molecule has 0 bridgehead atoms. The first kappa shape index (κ1) is 30.2. The van der Waals surface area contributed by atoms with Crippen LogP contribution in [0.1, 0.15) is 38.3 Å². The first-order chi connectivity index (χ1) is 18.5. The molecule has 7 nitrogen and oxygen atoms in total. The molecule has 1 atom stereocenters. The van der Waals surface area contributed by atoms with E-state index in [0.29, 0.717) is 23.7 Å². The summed E-state index contributed by atoms with van der Waals surface area (Å²) in [7, 11) is -4.11. The van der Waals surface area contributed by atoms with Crippen molar-refractivity contribution in [2.45, 2.75) is 51.6 Å². The van der Waals surface area contributed by atoms with Crippen LogP contribution < -0.4 is 9.62 Å². The average molecular weight is 570 g/mol. The summed E-state index contributed by atoms with van der Waals surface area (Å²) in [4.78, 5) is 28.8. The topological polar surface area (TPSA) is 86.8 Å². The van der Waals surface area contributed by atoms with Gasteiger partial charge in [0.1, 0.15) is 12.6 Å². The SMILES string of the molecule is CC[C@@H](C(=O)NCC(C)C)N(Cc1ccccc1C)C(=O)CN(c1ccc(Cl)cc1)S(=O)(=O)c1ccccc1. The van der Waals surface area contributed by atoms with Crippen LogP contribution in [0.3, 0.4) is 0 Å². The normalized spacial score (nSPS) is 12.2. The number of carbonyl (C=O) groups is 2. The summed E-state index contributed by atoms with van der Waals surface area (Å²) in [6.45, 7) is 7.93. The highest BCUT2D eigenvalue weighted by Crippen LogP contribution is 2.26. The number of hydrogen-bond donors (Lipinski definition) is 1. The zero-order chi connectivity index (χ0) is 28.6. The quantitative estimate of drug-likeness (QED) is 0.315. The fraction of sp³-hybridized carbons (Fsp3) is 0.333. The van der Waals surface area contributed by atoms with Crippen molar-refractivity contribution in [2.24, 2.45) is 5.92 Å². The number of hydrogen-bond acceptors (Lipinski definition) is 4. The van der Waals surface area contributed by atoms with E-state index in [4.69, 9.17) is 11.6 Å². The Hall–Kier alpha value is -3.36. The number of carbonyl (C=O) groups excluding carboxylic acids is 2. The zero-order valence-electron chi connectivity index (χ0n) is 22.8. The number of sulfonamides is 1. The minimum Gasteiger partial charge on any atom is -0.354 e. The summed E-state index contributed by atoms with van der Waals surface area (Å²) in [5, 5.41) is 3.38. The number of amides is 2. The average Bonchev–Trinajstić information content (AvgIpc) is 2.92. The van der Waals surface area contributed by atoms with E-state index in [2.05, 4.69) is 5.32 Å². The third-order valence-corrected chi connectivity index (χ3v) is 8.44. The van der Waals surface area contributed by atoms with E-state index in [-0.39, 0.29) is 23.3 Å². The van der Waals surface area contributed by atoms with Crippen LogP contribution in [0.5, 0.6) is 0 Å². The van der Waals surface area contributed by atoms with Crippen LogP contribution in [-0.4, -0.2) is 44.3 Å². The summed E-state index contributed by atoms with van der Waals surface area (Å²) in [5.74, 6) is -0.514. The minimum atomic E-state index is -4.11. The van der Waals surface area contributed by atoms with Crippen LogP contribution >= 0.6 is 11.6 Å². The third-order valence-electron chi connectivity index (χ3n) is 6.40. The van der Waals surface area contributed by atoms with E-state index < -0.39 is 28.5 Å². The number of benzene rings is 3. The Morgan fingerprint density at radius 1 is 0.923 bits per heavy atom. The van der Waals surface area contributed by atoms with Crippen molar-refractivity contribution in [3.05, 3.63) is 95.0 Å². The van der Waals surface area contributed by atoms with Gasteiger partial charge in [-0.3, -0.25) is 13.9 Å². The van der Waals surface area contributed by atoms with Gasteiger partial charge in [-0.2, -0.15) is 0 Å². The number of aryl methyl sites for hydroxylation is 1. The molecule has 0 fully saturated rings. The first-order valence-electron chi connectivity index (χ1n) is 13.0. The highest BCUT2D eigenvalue weighted by molar-refractivity contribution is 7.92. The maximum absolute atomic E-state index is 14.0. The van der Waals surface area contributed by atoms with E-state index in [1.54, 1.807) is 42.5 Å². The number of nitrogens with zero attached hydrogens (tertiary/aromatic N) is 2. The summed E-state index contributed by atoms with van der Waals surface area (Å²) in [6.07, 6.45) is 0.369. The first-order valence-corrected chi connectivity index (χ1v) is 14.8. The summed E-state index contributed by atoms with van der Waals surface area (Å²) >= 11 is 6.07. The van der Waals surface area contributed by atoms with Crippen LogP contribution in [-0.2, 0) is 26.2 Å². The maximum Gasteiger partial charge on any atom is 0.264 e. The molecular formula is C30H36ClN3O4S. The van der Waals surface area contributed by atoms with Gasteiger partial charge in [0.25, 0.3) is 10.0 Å². The van der Waals surface area contributed by atoms with Crippen molar-refractivity contribution in [1.82, 2.24) is 10.2 Å². The Kier molecular flexibility index (Phi) is 10.5. The Morgan fingerprint density at radius 2 is 1.54 bits per heavy atom. The van der Waals surface area contributed by atoms with Gasteiger partial charge in [-0.25, -0.2) is 8.42 Å². The molecule has 3 aromatic rings. The van der Waals surface area contributed by atoms with Crippen LogP contribution in [0.15, 0.2) is 83.8 Å². The molecule has 1 N–H and O–H groups in total. The highest BCUT2D eigenvalue weighted by atomic mass is 35.5. The predicted octanol–water partition coefficient (Wildman–Crippen LogP) is 5.42. The molecule has 9 heteroatoms. The van der Waals surface area contributed by atoms with E-state index >= 15 is 0 Å². The third kappa shape index (κ3) is 7.83. The van der Waals surface area contributed by atoms with Crippen molar-refractivity contribution >= 4 is 39.1 Å². The summed E-state index contributed by atoms with van der Waals surface area (Å²) in [6, 6.07) is 21.1. The number of anilines is 1. The second-order valence-electron chi connectivity index (χ2n) is 9.81. The minimum absolute atomic E-state index is 0.0555. The molecule has 0 aliphatic heterocycles. The van der Waals surface area contributed by atoms with Crippen molar-refractivity contribution in [1.29, 1.82) is 0 Å². The predicted molar refractivity (Wildman–Crippen MR) is 156 cm³/mol. The van der Waals surface area contributed by atoms with Gasteiger partial charge in [0.15, 0.2) is 0 Å². The summed E-state index contributed by atoms with van der Waals surface area (Å²) in [5.41, 5.74) is 2.15. The van der Waals surface area contributed by atoms with Gasteiger partial charge < -0.3 is 10.2 Å². The molecule has 0 aromatic heterocycles. The molecule has 0 unspecified atom stereocenters. The number of halogens is 1. The fourth-order valence-electron chi connectivity index (χ4n) is 4.17. The van der Waals surface area contributed by atoms with Gasteiger partial charge in [0.2, 0.25) is 11.8 Å². The number of nitrogens with one attached hydrogen (secondary N) is 1. The Labute approximate surface area is 236 Å². The Morgan fingerprint density at radius 3 is 2.13 bits per heavy atom. The van der Waals surface area contributed by atoms with Crippen molar-refractivity contribution in [3.8, 4) is 0 Å². The molecule has 2 amide bonds. The molecule has 0 aliphatic carbocycles. The van der Waals surface area contributed by atoms with Crippen molar-refractivity contribution in [2.75, 3.05) is 17.4 Å². The molecule has 3 aromatic carbocycles. The van der Waals surface area contributed by atoms with Crippen molar-refractivity contribution in [3.63, 3.8) is 0 Å². The Bertz CT molecular complexity index is 1360. The van der Waals surface area contributed by atoms with Gasteiger partial charge in [-0.15, -0.1) is 0 Å². The molecule has 0 radical (unpaired) electrons. The summed E-state index contributed by atoms with van der Waals surface area (Å²) < 4.78 is 28.6. The molecule has 0 spiro atoms. The Balaban J connectivity index is 2.04. The molecule has 208 valence electrons. The van der Waals surface area contributed by atoms with E-state index in [0.717, 1.165) is 15.4 Å². The van der Waals surface area contributed by atoms with E-state index in [9.17, 15) is 18.0 Å². The van der Waals surface area contributed by atoms with Gasteiger partial charge in [-0.05, 0) is 66.8 Å². The van der Waals surface area contributed by atoms with Crippen molar-refractivity contribution < 1.29 is 18.0 Å². The molecule has 0 aliphatic rings. The lowest BCUT2D eigenvalue weighted by Crippen LogP contribution is -2.52. The van der Waals surface area contributed by atoms with Crippen LogP contribution in [0, 0.1) is 12.8 Å². The molecule has 0 heterocycles. The molecule has 0 saturated heterocycles. The highest BCUT2D eigenvalue weighted by Gasteiger charge is 2.33. The van der Waals surface area contributed by atoms with Gasteiger partial charge in [0.05, 0.1) is 10.6 Å². The molecule has 0 saturated carbocycles. The zero-order valence-corrected chi connectivity index (χ0v) is 24.4. The van der Waals surface area contributed by atoms with Crippen LogP contribution in [0.4, 0.5) is 5.69 Å². The van der Waals surface area contributed by atoms with Crippen LogP contribution in [0.25, 0.3) is 0 Å². The largest absolute Gasteiger partial charge is 0.354 e. The lowest BCUT2D eigenvalue weighted by atomic mass is 10.1. The van der Waals surface area contributed by atoms with E-state index in [1.807, 2.05) is 52.0 Å². The monoisotopic (exact) mass is 569 g/mol. The van der Waals surface area contributed by atoms with Gasteiger partial charge >= 0.3 is 0 Å². The molecular weight excluding hydrogens is 534 g/mol. The molecule has 39 heavy (non-hydrogen) atoms. The van der Waals surface area contributed by atoms with Gasteiger partial charge in [-0.1, -0.05) is 74.8 Å². The van der Waals surface area contributed by atoms with E-state index in [1.165, 1.54) is 17.0 Å². The fourth-order valence-corrected chi connectivity index (χ4v) is 5.73. The smallest absolute Gasteiger partial charge is 0.264 e. The maximum atomic E-state index is 14.0. The number of rotatable bonds is 12. The molecule has 3 rings (SSSR count). The lowest BCUT2D eigenvalue weighted by molar-refractivity contribution is -0.140. The lowest BCUT2D eigenvalue weighted by Gasteiger charge is -2.33. The standard InChI is InChI=1S/C30H36ClN3O4S/c1-5-28(30(36)32-19-22(2)3)33(20-24-12-10-9-11-23(24)4)29(35)21-34(26-17-15-25(31)16-18-26)39(37,38)27-13-7-6-8-14-27/h6-18,22,28H,5,19-21H2,1-4H3,(H,32,36)/t28-/m0/s1. The second kappa shape index (κ2) is 13.6. The van der Waals surface area contributed by atoms with Gasteiger partial charge in [0, 0.05) is 18.1 Å². The second-order valence-corrected chi connectivity index (χ2v) is 12.1. The van der Waals surface area contributed by atoms with Crippen LogP contribution in [0.2, 0.25) is 5.02 Å².